The van der Waals surface area contributed by atoms with Crippen molar-refractivity contribution < 1.29 is 26.3 Å². The van der Waals surface area contributed by atoms with Crippen LogP contribution in [0.4, 0.5) is 0 Å². The Morgan fingerprint density at radius 1 is 1.11 bits per heavy atom. The topological polar surface area (TPSA) is 127 Å². The molecule has 0 saturated heterocycles. The first-order valence-corrected chi connectivity index (χ1v) is 13.6. The van der Waals surface area contributed by atoms with Crippen molar-refractivity contribution in [2.24, 2.45) is 5.92 Å². The molecule has 0 N–H and O–H groups in total. The van der Waals surface area contributed by atoms with E-state index in [1.165, 1.54) is 36.6 Å². The minimum atomic E-state index is -2.44. The molecule has 0 saturated carbocycles. The van der Waals surface area contributed by atoms with Crippen LogP contribution in [0.25, 0.3) is 10.9 Å². The summed E-state index contributed by atoms with van der Waals surface area (Å²) in [5.41, 5.74) is -0.452. The molecule has 0 aliphatic rings. The molecule has 12 heteroatoms. The molecule has 0 aliphatic carbocycles. The van der Waals surface area contributed by atoms with Gasteiger partial charge < -0.3 is 13.1 Å². The number of benzene rings is 2. The molecule has 2 aromatic carbocycles. The standard InChI is InChI=1S/C23H27N3O7S2/c1-4-6-9-16(5-2)15-31-23(28)18-10-7-8-11-21(18)33-35(30)26-22(27)19-14-17(32-34(3)29)12-13-20(19)24-25-26/h7-8,10-14,16H,4-6,9,15H2,1-3H3. The summed E-state index contributed by atoms with van der Waals surface area (Å²) in [5, 5.41) is 7.61. The maximum atomic E-state index is 12.9. The molecule has 3 rings (SSSR count). The molecule has 188 valence electrons. The molecule has 0 radical (unpaired) electrons. The largest absolute Gasteiger partial charge is 0.462 e. The molecule has 0 bridgehead atoms. The Labute approximate surface area is 208 Å². The number of ether oxygens (including phenoxy) is 1. The van der Waals surface area contributed by atoms with Gasteiger partial charge in [0.1, 0.15) is 16.8 Å². The number of esters is 1. The third kappa shape index (κ3) is 6.95. The molecule has 10 nitrogen and oxygen atoms in total. The monoisotopic (exact) mass is 521 g/mol. The first kappa shape index (κ1) is 26.5. The van der Waals surface area contributed by atoms with Crippen molar-refractivity contribution in [2.75, 3.05) is 12.9 Å². The second-order valence-corrected chi connectivity index (χ2v) is 9.66. The van der Waals surface area contributed by atoms with E-state index in [1.807, 2.05) is 6.92 Å². The summed E-state index contributed by atoms with van der Waals surface area (Å²) in [5.74, 6) is -0.200. The van der Waals surface area contributed by atoms with Gasteiger partial charge in [-0.15, -0.1) is 5.10 Å². The Morgan fingerprint density at radius 3 is 2.60 bits per heavy atom. The SMILES string of the molecule is CCCCC(CC)COC(=O)c1ccccc1OS(=O)n1nnc2ccc(OS(C)=O)cc2c1=O. The highest BCUT2D eigenvalue weighted by Gasteiger charge is 2.20. The summed E-state index contributed by atoms with van der Waals surface area (Å²) in [6, 6.07) is 10.5. The van der Waals surface area contributed by atoms with Crippen LogP contribution in [0.5, 0.6) is 11.5 Å². The lowest BCUT2D eigenvalue weighted by Crippen LogP contribution is -2.29. The van der Waals surface area contributed by atoms with E-state index in [9.17, 15) is 18.0 Å². The highest BCUT2D eigenvalue weighted by atomic mass is 32.2. The van der Waals surface area contributed by atoms with Crippen LogP contribution < -0.4 is 13.9 Å². The van der Waals surface area contributed by atoms with Crippen molar-refractivity contribution in [3.63, 3.8) is 0 Å². The Hall–Kier alpha value is -3.12. The van der Waals surface area contributed by atoms with E-state index < -0.39 is 33.9 Å². The number of hydrogen-bond acceptors (Lipinski definition) is 9. The number of unbranched alkanes of at least 4 members (excludes halogenated alkanes) is 1. The summed E-state index contributed by atoms with van der Waals surface area (Å²) in [6.07, 6.45) is 5.32. The summed E-state index contributed by atoms with van der Waals surface area (Å²) < 4.78 is 40.7. The molecule has 1 heterocycles. The predicted octanol–water partition coefficient (Wildman–Crippen LogP) is 3.34. The minimum absolute atomic E-state index is 0.0234. The second-order valence-electron chi connectivity index (χ2n) is 7.74. The summed E-state index contributed by atoms with van der Waals surface area (Å²) >= 11 is -4.04. The summed E-state index contributed by atoms with van der Waals surface area (Å²) in [7, 11) is 0. The smallest absolute Gasteiger partial charge is 0.344 e. The van der Waals surface area contributed by atoms with Crippen LogP contribution in [0.1, 0.15) is 49.9 Å². The van der Waals surface area contributed by atoms with Crippen LogP contribution in [0.15, 0.2) is 47.3 Å². The maximum Gasteiger partial charge on any atom is 0.344 e. The van der Waals surface area contributed by atoms with Gasteiger partial charge in [0.15, 0.2) is 5.75 Å². The van der Waals surface area contributed by atoms with Crippen LogP contribution in [-0.2, 0) is 27.1 Å². The molecule has 3 unspecified atom stereocenters. The fourth-order valence-electron chi connectivity index (χ4n) is 3.28. The molecule has 3 aromatic rings. The fourth-order valence-corrected chi connectivity index (χ4v) is 4.35. The molecule has 1 aromatic heterocycles. The van der Waals surface area contributed by atoms with Gasteiger partial charge >= 0.3 is 17.2 Å². The third-order valence-corrected chi connectivity index (χ3v) is 6.49. The zero-order valence-electron chi connectivity index (χ0n) is 19.7. The third-order valence-electron chi connectivity index (χ3n) is 5.22. The predicted molar refractivity (Wildman–Crippen MR) is 133 cm³/mol. The number of aromatic nitrogens is 3. The van der Waals surface area contributed by atoms with Crippen LogP contribution >= 0.6 is 0 Å². The van der Waals surface area contributed by atoms with Crippen molar-refractivity contribution in [1.29, 1.82) is 0 Å². The quantitative estimate of drug-likeness (QED) is 0.330. The second kappa shape index (κ2) is 12.5. The number of carbonyl (C=O) groups is 1. The first-order chi connectivity index (χ1) is 16.8. The lowest BCUT2D eigenvalue weighted by Gasteiger charge is -2.15. The Morgan fingerprint density at radius 2 is 1.89 bits per heavy atom. The number of rotatable bonds is 12. The van der Waals surface area contributed by atoms with E-state index in [1.54, 1.807) is 12.1 Å². The van der Waals surface area contributed by atoms with Crippen molar-refractivity contribution in [3.8, 4) is 11.5 Å². The van der Waals surface area contributed by atoms with E-state index in [0.717, 1.165) is 25.7 Å². The number of fused-ring (bicyclic) bond motifs is 1. The van der Waals surface area contributed by atoms with E-state index >= 15 is 0 Å². The Bertz CT molecular complexity index is 1300. The van der Waals surface area contributed by atoms with Gasteiger partial charge in [-0.25, -0.2) is 9.00 Å². The van der Waals surface area contributed by atoms with Crippen LogP contribution in [0.3, 0.4) is 0 Å². The first-order valence-electron chi connectivity index (χ1n) is 11.1. The van der Waals surface area contributed by atoms with Crippen molar-refractivity contribution in [1.82, 2.24) is 14.4 Å². The lowest BCUT2D eigenvalue weighted by atomic mass is 10.0. The highest BCUT2D eigenvalue weighted by molar-refractivity contribution is 7.79. The van der Waals surface area contributed by atoms with Gasteiger partial charge in [-0.2, -0.15) is 4.21 Å². The van der Waals surface area contributed by atoms with Crippen LogP contribution in [0.2, 0.25) is 0 Å². The highest BCUT2D eigenvalue weighted by Crippen LogP contribution is 2.22. The molecular weight excluding hydrogens is 494 g/mol. The maximum absolute atomic E-state index is 12.9. The average molecular weight is 522 g/mol. The van der Waals surface area contributed by atoms with Gasteiger partial charge in [0.25, 0.3) is 5.56 Å². The number of carbonyl (C=O) groups excluding carboxylic acids is 1. The summed E-state index contributed by atoms with van der Waals surface area (Å²) in [4.78, 5) is 25.6. The molecular formula is C23H27N3O7S2. The lowest BCUT2D eigenvalue weighted by molar-refractivity contribution is 0.0426. The normalized spacial score (nSPS) is 13.7. The van der Waals surface area contributed by atoms with E-state index in [0.29, 0.717) is 4.09 Å². The van der Waals surface area contributed by atoms with Gasteiger partial charge in [0.2, 0.25) is 11.1 Å². The molecule has 3 atom stereocenters. The van der Waals surface area contributed by atoms with E-state index in [2.05, 4.69) is 17.2 Å². The van der Waals surface area contributed by atoms with Gasteiger partial charge in [-0.1, -0.05) is 49.3 Å². The van der Waals surface area contributed by atoms with E-state index in [-0.39, 0.29) is 40.5 Å². The Balaban J connectivity index is 1.80. The fraction of sp³-hybridized carbons (Fsp3) is 0.391. The zero-order valence-corrected chi connectivity index (χ0v) is 21.3. The van der Waals surface area contributed by atoms with Gasteiger partial charge in [-0.05, 0) is 47.9 Å². The number of nitrogens with zero attached hydrogens (tertiary/aromatic N) is 3. The molecule has 0 amide bonds. The van der Waals surface area contributed by atoms with Crippen LogP contribution in [-0.4, -0.2) is 41.6 Å². The molecule has 0 fully saturated rings. The van der Waals surface area contributed by atoms with Crippen LogP contribution in [0, 0.1) is 5.92 Å². The molecule has 0 spiro atoms. The van der Waals surface area contributed by atoms with Gasteiger partial charge in [-0.3, -0.25) is 4.79 Å². The molecule has 35 heavy (non-hydrogen) atoms. The number of para-hydroxylation sites is 1. The summed E-state index contributed by atoms with van der Waals surface area (Å²) in [6.45, 7) is 4.43. The van der Waals surface area contributed by atoms with E-state index in [4.69, 9.17) is 13.1 Å². The van der Waals surface area contributed by atoms with Crippen molar-refractivity contribution >= 4 is 39.2 Å². The average Bonchev–Trinajstić information content (AvgIpc) is 2.84. The number of hydrogen-bond donors (Lipinski definition) is 0. The molecule has 0 aliphatic heterocycles. The van der Waals surface area contributed by atoms with Crippen molar-refractivity contribution in [3.05, 3.63) is 58.4 Å². The zero-order chi connectivity index (χ0) is 25.4. The van der Waals surface area contributed by atoms with Crippen molar-refractivity contribution in [2.45, 2.75) is 39.5 Å². The van der Waals surface area contributed by atoms with Gasteiger partial charge in [0.05, 0.1) is 12.0 Å². The van der Waals surface area contributed by atoms with Gasteiger partial charge in [0, 0.05) is 6.26 Å². The Kier molecular flexibility index (Phi) is 9.49. The minimum Gasteiger partial charge on any atom is -0.462 e.